The van der Waals surface area contributed by atoms with Crippen molar-refractivity contribution in [2.45, 2.75) is 13.0 Å². The summed E-state index contributed by atoms with van der Waals surface area (Å²) in [4.78, 5) is 10.6. The number of nitrogens with zero attached hydrogens (tertiary/aromatic N) is 1. The summed E-state index contributed by atoms with van der Waals surface area (Å²) in [6.45, 7) is 2.15. The van der Waals surface area contributed by atoms with Crippen LogP contribution in [0, 0.1) is 10.1 Å². The number of anilines is 1. The lowest BCUT2D eigenvalue weighted by Crippen LogP contribution is -2.29. The number of rotatable bonds is 8. The zero-order chi connectivity index (χ0) is 14.3. The second kappa shape index (κ2) is 7.55. The molecule has 0 amide bonds. The standard InChI is InChI=1S/C12H18N2O5/c1-3-19-11-6-4-5-10(12(11)14(16)17)13-9(7-15)8-18-2/h4-6,9,13,15H,3,7-8H2,1-2H3. The van der Waals surface area contributed by atoms with Gasteiger partial charge in [-0.3, -0.25) is 10.1 Å². The number of methoxy groups -OCH3 is 1. The van der Waals surface area contributed by atoms with Crippen molar-refractivity contribution >= 4 is 11.4 Å². The molecular weight excluding hydrogens is 252 g/mol. The maximum Gasteiger partial charge on any atom is 0.333 e. The molecule has 19 heavy (non-hydrogen) atoms. The van der Waals surface area contributed by atoms with Crippen LogP contribution in [-0.4, -0.2) is 43.0 Å². The molecule has 0 aliphatic carbocycles. The van der Waals surface area contributed by atoms with Crippen molar-refractivity contribution in [1.29, 1.82) is 0 Å². The third kappa shape index (κ3) is 4.08. The van der Waals surface area contributed by atoms with E-state index >= 15 is 0 Å². The van der Waals surface area contributed by atoms with Gasteiger partial charge in [-0.05, 0) is 19.1 Å². The van der Waals surface area contributed by atoms with Crippen LogP contribution in [0.2, 0.25) is 0 Å². The molecule has 1 rings (SSSR count). The quantitative estimate of drug-likeness (QED) is 0.548. The number of ether oxygens (including phenoxy) is 2. The molecule has 0 aliphatic heterocycles. The summed E-state index contributed by atoms with van der Waals surface area (Å²) in [5.74, 6) is 0.201. The highest BCUT2D eigenvalue weighted by molar-refractivity contribution is 5.68. The molecule has 1 atom stereocenters. The van der Waals surface area contributed by atoms with E-state index in [4.69, 9.17) is 9.47 Å². The van der Waals surface area contributed by atoms with Crippen molar-refractivity contribution in [2.75, 3.05) is 32.2 Å². The Morgan fingerprint density at radius 2 is 2.26 bits per heavy atom. The monoisotopic (exact) mass is 270 g/mol. The van der Waals surface area contributed by atoms with Crippen molar-refractivity contribution in [3.05, 3.63) is 28.3 Å². The summed E-state index contributed by atoms with van der Waals surface area (Å²) >= 11 is 0. The number of nitro groups is 1. The lowest BCUT2D eigenvalue weighted by Gasteiger charge is -2.17. The highest BCUT2D eigenvalue weighted by Gasteiger charge is 2.22. The van der Waals surface area contributed by atoms with Gasteiger partial charge in [0.15, 0.2) is 5.75 Å². The Kier molecular flexibility index (Phi) is 6.04. The molecule has 1 aromatic carbocycles. The lowest BCUT2D eigenvalue weighted by atomic mass is 10.2. The molecule has 106 valence electrons. The van der Waals surface area contributed by atoms with E-state index in [-0.39, 0.29) is 24.7 Å². The molecule has 7 heteroatoms. The van der Waals surface area contributed by atoms with Gasteiger partial charge in [0.25, 0.3) is 0 Å². The molecule has 2 N–H and O–H groups in total. The number of benzene rings is 1. The van der Waals surface area contributed by atoms with Crippen LogP contribution in [0.15, 0.2) is 18.2 Å². The predicted octanol–water partition coefficient (Wildman–Crippen LogP) is 1.41. The summed E-state index contributed by atoms with van der Waals surface area (Å²) in [7, 11) is 1.50. The Morgan fingerprint density at radius 1 is 1.53 bits per heavy atom. The molecule has 0 aliphatic rings. The minimum Gasteiger partial charge on any atom is -0.487 e. The van der Waals surface area contributed by atoms with E-state index in [1.54, 1.807) is 19.1 Å². The SMILES string of the molecule is CCOc1cccc(NC(CO)COC)c1[N+](=O)[O-]. The van der Waals surface area contributed by atoms with Gasteiger partial charge in [-0.2, -0.15) is 0 Å². The fourth-order valence-electron chi connectivity index (χ4n) is 1.66. The first-order chi connectivity index (χ1) is 9.13. The van der Waals surface area contributed by atoms with E-state index in [2.05, 4.69) is 5.32 Å². The van der Waals surface area contributed by atoms with E-state index in [1.165, 1.54) is 13.2 Å². The van der Waals surface area contributed by atoms with Crippen LogP contribution in [0.25, 0.3) is 0 Å². The molecule has 0 aromatic heterocycles. The van der Waals surface area contributed by atoms with Crippen LogP contribution in [-0.2, 0) is 4.74 Å². The zero-order valence-corrected chi connectivity index (χ0v) is 11.0. The Bertz CT molecular complexity index is 425. The van der Waals surface area contributed by atoms with Gasteiger partial charge in [-0.15, -0.1) is 0 Å². The van der Waals surface area contributed by atoms with Crippen molar-refractivity contribution in [1.82, 2.24) is 0 Å². The first-order valence-electron chi connectivity index (χ1n) is 5.90. The Morgan fingerprint density at radius 3 is 2.79 bits per heavy atom. The average molecular weight is 270 g/mol. The van der Waals surface area contributed by atoms with E-state index in [9.17, 15) is 15.2 Å². The number of nitrogens with one attached hydrogen (secondary N) is 1. The van der Waals surface area contributed by atoms with E-state index in [1.807, 2.05) is 0 Å². The van der Waals surface area contributed by atoms with Crippen molar-refractivity contribution < 1.29 is 19.5 Å². The predicted molar refractivity (Wildman–Crippen MR) is 70.6 cm³/mol. The summed E-state index contributed by atoms with van der Waals surface area (Å²) < 4.78 is 10.2. The van der Waals surface area contributed by atoms with Gasteiger partial charge < -0.3 is 19.9 Å². The largest absolute Gasteiger partial charge is 0.487 e. The maximum absolute atomic E-state index is 11.1. The second-order valence-electron chi connectivity index (χ2n) is 3.82. The smallest absolute Gasteiger partial charge is 0.333 e. The first-order valence-corrected chi connectivity index (χ1v) is 5.90. The van der Waals surface area contributed by atoms with Gasteiger partial charge in [-0.25, -0.2) is 0 Å². The van der Waals surface area contributed by atoms with Gasteiger partial charge in [0, 0.05) is 7.11 Å². The van der Waals surface area contributed by atoms with Crippen LogP contribution in [0.3, 0.4) is 0 Å². The van der Waals surface area contributed by atoms with Crippen molar-refractivity contribution in [3.63, 3.8) is 0 Å². The van der Waals surface area contributed by atoms with Crippen LogP contribution >= 0.6 is 0 Å². The number of hydrogen-bond acceptors (Lipinski definition) is 6. The van der Waals surface area contributed by atoms with Gasteiger partial charge in [-0.1, -0.05) is 6.07 Å². The van der Waals surface area contributed by atoms with Crippen LogP contribution in [0.4, 0.5) is 11.4 Å². The molecule has 7 nitrogen and oxygen atoms in total. The summed E-state index contributed by atoms with van der Waals surface area (Å²) in [6, 6.07) is 4.35. The normalized spacial score (nSPS) is 11.9. The van der Waals surface area contributed by atoms with Gasteiger partial charge in [0.05, 0.1) is 30.8 Å². The maximum atomic E-state index is 11.1. The molecule has 0 saturated heterocycles. The summed E-state index contributed by atoms with van der Waals surface area (Å²) in [5.41, 5.74) is 0.158. The molecule has 0 saturated carbocycles. The zero-order valence-electron chi connectivity index (χ0n) is 11.0. The fourth-order valence-corrected chi connectivity index (χ4v) is 1.66. The number of aliphatic hydroxyl groups is 1. The lowest BCUT2D eigenvalue weighted by molar-refractivity contribution is -0.385. The summed E-state index contributed by atoms with van der Waals surface area (Å²) in [5, 5.41) is 23.2. The second-order valence-corrected chi connectivity index (χ2v) is 3.82. The molecule has 0 fully saturated rings. The molecule has 0 spiro atoms. The highest BCUT2D eigenvalue weighted by Crippen LogP contribution is 2.35. The minimum atomic E-state index is -0.505. The van der Waals surface area contributed by atoms with Crippen LogP contribution in [0.5, 0.6) is 5.75 Å². The first kappa shape index (κ1) is 15.2. The molecule has 1 unspecified atom stereocenters. The third-order valence-corrected chi connectivity index (χ3v) is 2.43. The minimum absolute atomic E-state index is 0.140. The van der Waals surface area contributed by atoms with E-state index in [0.29, 0.717) is 12.3 Å². The van der Waals surface area contributed by atoms with Crippen LogP contribution < -0.4 is 10.1 Å². The fraction of sp³-hybridized carbons (Fsp3) is 0.500. The number of aliphatic hydroxyl groups excluding tert-OH is 1. The molecule has 1 aromatic rings. The Hall–Kier alpha value is -1.86. The highest BCUT2D eigenvalue weighted by atomic mass is 16.6. The van der Waals surface area contributed by atoms with E-state index in [0.717, 1.165) is 0 Å². The topological polar surface area (TPSA) is 93.9 Å². The van der Waals surface area contributed by atoms with Crippen molar-refractivity contribution in [3.8, 4) is 5.75 Å². The summed E-state index contributed by atoms with van der Waals surface area (Å²) in [6.07, 6.45) is 0. The Labute approximate surface area is 111 Å². The number of nitro benzene ring substituents is 1. The molecule has 0 heterocycles. The van der Waals surface area contributed by atoms with Crippen LogP contribution in [0.1, 0.15) is 6.92 Å². The average Bonchev–Trinajstić information content (AvgIpc) is 2.38. The number of para-hydroxylation sites is 1. The third-order valence-electron chi connectivity index (χ3n) is 2.43. The van der Waals surface area contributed by atoms with Gasteiger partial charge in [0.1, 0.15) is 5.69 Å². The van der Waals surface area contributed by atoms with Gasteiger partial charge in [0.2, 0.25) is 0 Å². The number of hydrogen-bond donors (Lipinski definition) is 2. The van der Waals surface area contributed by atoms with Gasteiger partial charge >= 0.3 is 5.69 Å². The van der Waals surface area contributed by atoms with Crippen molar-refractivity contribution in [2.24, 2.45) is 0 Å². The molecule has 0 bridgehead atoms. The van der Waals surface area contributed by atoms with E-state index < -0.39 is 11.0 Å². The molecular formula is C12H18N2O5. The molecule has 0 radical (unpaired) electrons. The Balaban J connectivity index is 3.04.